The summed E-state index contributed by atoms with van der Waals surface area (Å²) in [6, 6.07) is 16.1. The van der Waals surface area contributed by atoms with Crippen LogP contribution >= 0.6 is 0 Å². The minimum atomic E-state index is 0.0153. The number of carbonyl (C=O) groups excluding carboxylic acids is 1. The second-order valence-corrected chi connectivity index (χ2v) is 8.05. The van der Waals surface area contributed by atoms with Crippen molar-refractivity contribution in [3.8, 4) is 11.5 Å². The largest absolute Gasteiger partial charge is 0.490 e. The van der Waals surface area contributed by atoms with Crippen LogP contribution in [0.15, 0.2) is 53.5 Å². The summed E-state index contributed by atoms with van der Waals surface area (Å²) in [5, 5.41) is 3.03. The molecule has 0 radical (unpaired) electrons. The molecule has 31 heavy (non-hydrogen) atoms. The van der Waals surface area contributed by atoms with E-state index in [1.165, 1.54) is 5.56 Å². The van der Waals surface area contributed by atoms with Crippen LogP contribution in [0, 0.1) is 5.92 Å². The third-order valence-electron chi connectivity index (χ3n) is 5.74. The van der Waals surface area contributed by atoms with Crippen LogP contribution in [0.4, 0.5) is 5.69 Å². The van der Waals surface area contributed by atoms with Crippen molar-refractivity contribution in [2.24, 2.45) is 16.6 Å². The zero-order chi connectivity index (χ0) is 21.5. The predicted molar refractivity (Wildman–Crippen MR) is 122 cm³/mol. The monoisotopic (exact) mass is 422 g/mol. The molecule has 7 nitrogen and oxygen atoms in total. The van der Waals surface area contributed by atoms with E-state index in [-0.39, 0.29) is 18.4 Å². The number of amides is 1. The molecule has 0 unspecified atom stereocenters. The Bertz CT molecular complexity index is 908. The molecule has 0 bridgehead atoms. The van der Waals surface area contributed by atoms with Gasteiger partial charge in [0, 0.05) is 31.3 Å². The average molecular weight is 423 g/mol. The Hall–Kier alpha value is -3.22. The normalized spacial score (nSPS) is 17.2. The molecule has 4 rings (SSSR count). The molecule has 0 atom stereocenters. The molecular weight excluding hydrogens is 392 g/mol. The van der Waals surface area contributed by atoms with E-state index in [1.807, 2.05) is 29.2 Å². The zero-order valence-electron chi connectivity index (χ0n) is 17.8. The van der Waals surface area contributed by atoms with Crippen LogP contribution in [-0.2, 0) is 11.2 Å². The van der Waals surface area contributed by atoms with Crippen LogP contribution < -0.4 is 20.5 Å². The third kappa shape index (κ3) is 5.90. The molecule has 0 aromatic heterocycles. The first-order valence-corrected chi connectivity index (χ1v) is 11.0. The highest BCUT2D eigenvalue weighted by Crippen LogP contribution is 2.32. The number of aliphatic imine (C=N–C) groups is 1. The van der Waals surface area contributed by atoms with E-state index in [0.29, 0.717) is 24.9 Å². The lowest BCUT2D eigenvalue weighted by molar-refractivity contribution is -0.130. The van der Waals surface area contributed by atoms with Gasteiger partial charge in [-0.05, 0) is 42.9 Å². The topological polar surface area (TPSA) is 89.2 Å². The quantitative estimate of drug-likeness (QED) is 0.571. The van der Waals surface area contributed by atoms with Gasteiger partial charge in [0.05, 0.1) is 13.2 Å². The lowest BCUT2D eigenvalue weighted by Crippen LogP contribution is -2.40. The van der Waals surface area contributed by atoms with E-state index in [9.17, 15) is 4.79 Å². The number of piperidine rings is 1. The van der Waals surface area contributed by atoms with Gasteiger partial charge < -0.3 is 25.4 Å². The van der Waals surface area contributed by atoms with Gasteiger partial charge in [0.15, 0.2) is 17.5 Å². The summed E-state index contributed by atoms with van der Waals surface area (Å²) in [6.45, 7) is 2.88. The number of fused-ring (bicyclic) bond motifs is 1. The molecule has 0 aliphatic carbocycles. The van der Waals surface area contributed by atoms with Gasteiger partial charge in [-0.25, -0.2) is 4.99 Å². The number of carbonyl (C=O) groups is 1. The van der Waals surface area contributed by atoms with Crippen LogP contribution in [0.1, 0.15) is 24.8 Å². The Balaban J connectivity index is 1.24. The molecule has 3 N–H and O–H groups in total. The Labute approximate surface area is 183 Å². The Morgan fingerprint density at radius 3 is 2.58 bits per heavy atom. The van der Waals surface area contributed by atoms with Gasteiger partial charge in [-0.3, -0.25) is 4.79 Å². The molecule has 164 valence electrons. The van der Waals surface area contributed by atoms with E-state index in [4.69, 9.17) is 15.2 Å². The number of benzene rings is 2. The molecule has 1 fully saturated rings. The Morgan fingerprint density at radius 1 is 1.06 bits per heavy atom. The number of rotatable bonds is 5. The summed E-state index contributed by atoms with van der Waals surface area (Å²) in [5.74, 6) is 2.26. The number of hydrogen-bond donors (Lipinski definition) is 2. The van der Waals surface area contributed by atoms with E-state index in [1.54, 1.807) is 0 Å². The van der Waals surface area contributed by atoms with Crippen molar-refractivity contribution in [3.05, 3.63) is 54.1 Å². The molecule has 7 heteroatoms. The van der Waals surface area contributed by atoms with Gasteiger partial charge in [0.1, 0.15) is 6.54 Å². The lowest BCUT2D eigenvalue weighted by Gasteiger charge is -2.31. The van der Waals surface area contributed by atoms with Gasteiger partial charge in [-0.1, -0.05) is 30.3 Å². The number of likely N-dealkylation sites (tertiary alicyclic amines) is 1. The average Bonchev–Trinajstić information content (AvgIpc) is 3.04. The van der Waals surface area contributed by atoms with Crippen molar-refractivity contribution < 1.29 is 14.3 Å². The van der Waals surface area contributed by atoms with Crippen LogP contribution in [-0.4, -0.2) is 49.6 Å². The van der Waals surface area contributed by atoms with Crippen molar-refractivity contribution in [2.75, 3.05) is 38.2 Å². The predicted octanol–water partition coefficient (Wildman–Crippen LogP) is 3.06. The van der Waals surface area contributed by atoms with Crippen LogP contribution in [0.25, 0.3) is 0 Å². The number of hydrogen-bond acceptors (Lipinski definition) is 4. The molecule has 2 aromatic carbocycles. The van der Waals surface area contributed by atoms with Crippen molar-refractivity contribution in [2.45, 2.75) is 25.7 Å². The highest BCUT2D eigenvalue weighted by molar-refractivity contribution is 5.94. The number of guanidine groups is 1. The summed E-state index contributed by atoms with van der Waals surface area (Å²) in [4.78, 5) is 18.7. The van der Waals surface area contributed by atoms with E-state index < -0.39 is 0 Å². The Morgan fingerprint density at radius 2 is 1.81 bits per heavy atom. The minimum absolute atomic E-state index is 0.0153. The molecule has 1 amide bonds. The summed E-state index contributed by atoms with van der Waals surface area (Å²) < 4.78 is 11.3. The summed E-state index contributed by atoms with van der Waals surface area (Å²) >= 11 is 0. The third-order valence-corrected chi connectivity index (χ3v) is 5.74. The van der Waals surface area contributed by atoms with Gasteiger partial charge in [0.25, 0.3) is 0 Å². The molecule has 2 heterocycles. The standard InChI is InChI=1S/C24H30N4O3/c25-24(27-20-7-8-21-22(16-20)31-14-4-13-30-21)26-17-23(29)28-11-9-19(10-12-28)15-18-5-2-1-3-6-18/h1-3,5-8,16,19H,4,9-15,17H2,(H3,25,26,27). The first-order chi connectivity index (χ1) is 15.2. The number of nitrogens with one attached hydrogen (secondary N) is 1. The van der Waals surface area contributed by atoms with Crippen molar-refractivity contribution in [1.29, 1.82) is 0 Å². The van der Waals surface area contributed by atoms with Crippen molar-refractivity contribution in [3.63, 3.8) is 0 Å². The van der Waals surface area contributed by atoms with E-state index >= 15 is 0 Å². The fourth-order valence-electron chi connectivity index (χ4n) is 4.02. The van der Waals surface area contributed by atoms with Crippen LogP contribution in [0.5, 0.6) is 11.5 Å². The van der Waals surface area contributed by atoms with Gasteiger partial charge >= 0.3 is 0 Å². The highest BCUT2D eigenvalue weighted by Gasteiger charge is 2.22. The number of nitrogens with zero attached hydrogens (tertiary/aromatic N) is 2. The second kappa shape index (κ2) is 10.2. The summed E-state index contributed by atoms with van der Waals surface area (Å²) in [6.07, 6.45) is 3.98. The highest BCUT2D eigenvalue weighted by atomic mass is 16.5. The van der Waals surface area contributed by atoms with Crippen LogP contribution in [0.3, 0.4) is 0 Å². The second-order valence-electron chi connectivity index (χ2n) is 8.05. The SMILES string of the molecule is NC(=NCC(=O)N1CCC(Cc2ccccc2)CC1)Nc1ccc2c(c1)OCCCO2. The number of anilines is 1. The number of nitrogens with two attached hydrogens (primary N) is 1. The van der Waals surface area contributed by atoms with E-state index in [0.717, 1.165) is 50.2 Å². The minimum Gasteiger partial charge on any atom is -0.490 e. The Kier molecular flexibility index (Phi) is 6.92. The van der Waals surface area contributed by atoms with Gasteiger partial charge in [-0.15, -0.1) is 0 Å². The molecule has 0 saturated carbocycles. The number of ether oxygens (including phenoxy) is 2. The molecule has 2 aromatic rings. The van der Waals surface area contributed by atoms with Crippen molar-refractivity contribution in [1.82, 2.24) is 4.90 Å². The molecule has 2 aliphatic heterocycles. The van der Waals surface area contributed by atoms with Gasteiger partial charge in [0.2, 0.25) is 5.91 Å². The molecule has 0 spiro atoms. The zero-order valence-corrected chi connectivity index (χ0v) is 17.8. The first kappa shape index (κ1) is 21.0. The molecular formula is C24H30N4O3. The molecule has 1 saturated heterocycles. The van der Waals surface area contributed by atoms with Crippen molar-refractivity contribution >= 4 is 17.6 Å². The lowest BCUT2D eigenvalue weighted by atomic mass is 9.90. The fourth-order valence-corrected chi connectivity index (χ4v) is 4.02. The maximum absolute atomic E-state index is 12.5. The van der Waals surface area contributed by atoms with Gasteiger partial charge in [-0.2, -0.15) is 0 Å². The van der Waals surface area contributed by atoms with E-state index in [2.05, 4.69) is 34.6 Å². The summed E-state index contributed by atoms with van der Waals surface area (Å²) in [7, 11) is 0. The summed E-state index contributed by atoms with van der Waals surface area (Å²) in [5.41, 5.74) is 8.11. The maximum Gasteiger partial charge on any atom is 0.244 e. The smallest absolute Gasteiger partial charge is 0.244 e. The van der Waals surface area contributed by atoms with Crippen LogP contribution in [0.2, 0.25) is 0 Å². The first-order valence-electron chi connectivity index (χ1n) is 11.0. The fraction of sp³-hybridized carbons (Fsp3) is 0.417. The maximum atomic E-state index is 12.5. The molecule has 2 aliphatic rings.